The lowest BCUT2D eigenvalue weighted by Crippen LogP contribution is -2.29. The molecule has 0 spiro atoms. The summed E-state index contributed by atoms with van der Waals surface area (Å²) in [4.78, 5) is 36.5. The van der Waals surface area contributed by atoms with Gasteiger partial charge in [-0.15, -0.1) is 10.2 Å². The van der Waals surface area contributed by atoms with Gasteiger partial charge in [-0.25, -0.2) is 15.1 Å². The SMILES string of the molecule is Cc1cc(C#N)cc(C(=O)NOC(C)C)c1NC(=O)c1cc(Cn2nnc(C(F)(F)F)n2)nn1-c1ncccc1Cl. The Morgan fingerprint density at radius 2 is 1.95 bits per heavy atom. The summed E-state index contributed by atoms with van der Waals surface area (Å²) in [5.41, 5.74) is 2.79. The molecule has 0 saturated carbocycles. The van der Waals surface area contributed by atoms with Crippen LogP contribution < -0.4 is 10.8 Å². The minimum absolute atomic E-state index is 0.0490. The van der Waals surface area contributed by atoms with E-state index in [0.717, 1.165) is 4.68 Å². The highest BCUT2D eigenvalue weighted by Crippen LogP contribution is 2.27. The van der Waals surface area contributed by atoms with Crippen molar-refractivity contribution in [2.24, 2.45) is 0 Å². The molecule has 0 radical (unpaired) electrons. The molecule has 13 nitrogen and oxygen atoms in total. The maximum absolute atomic E-state index is 13.6. The first-order chi connectivity index (χ1) is 19.4. The Morgan fingerprint density at radius 1 is 1.20 bits per heavy atom. The van der Waals surface area contributed by atoms with E-state index in [1.165, 1.54) is 30.5 Å². The number of carbonyl (C=O) groups is 2. The first-order valence-corrected chi connectivity index (χ1v) is 12.1. The third kappa shape index (κ3) is 6.65. The number of tetrazole rings is 1. The van der Waals surface area contributed by atoms with Crippen molar-refractivity contribution < 1.29 is 27.6 Å². The van der Waals surface area contributed by atoms with Crippen molar-refractivity contribution in [3.05, 3.63) is 75.5 Å². The standard InChI is InChI=1S/C24H20ClF3N10O3/c1-12(2)41-35-21(39)16-8-14(10-29)7-13(3)19(16)31-22(40)18-9-15(11-37-34-23(32-36-37)24(26,27)28)33-38(18)20-17(25)5-4-6-30-20/h4-9,12H,11H2,1-3H3,(H,31,40)(H,35,39). The average molecular weight is 589 g/mol. The fraction of sp³-hybridized carbons (Fsp3) is 0.250. The number of hydrogen-bond acceptors (Lipinski definition) is 9. The molecule has 0 aliphatic heterocycles. The number of rotatable bonds is 8. The van der Waals surface area contributed by atoms with Crippen LogP contribution in [0.25, 0.3) is 5.82 Å². The van der Waals surface area contributed by atoms with E-state index in [-0.39, 0.29) is 51.7 Å². The van der Waals surface area contributed by atoms with Crippen LogP contribution in [0.15, 0.2) is 36.5 Å². The van der Waals surface area contributed by atoms with Gasteiger partial charge in [-0.3, -0.25) is 14.4 Å². The number of benzene rings is 1. The molecule has 3 heterocycles. The van der Waals surface area contributed by atoms with Crippen LogP contribution in [0.1, 0.15) is 57.3 Å². The largest absolute Gasteiger partial charge is 0.455 e. The predicted octanol–water partition coefficient (Wildman–Crippen LogP) is 3.48. The van der Waals surface area contributed by atoms with Gasteiger partial charge in [0.15, 0.2) is 5.82 Å². The van der Waals surface area contributed by atoms with E-state index in [2.05, 4.69) is 36.3 Å². The highest BCUT2D eigenvalue weighted by molar-refractivity contribution is 6.32. The van der Waals surface area contributed by atoms with Crippen molar-refractivity contribution in [3.8, 4) is 11.9 Å². The van der Waals surface area contributed by atoms with Gasteiger partial charge in [0.25, 0.3) is 17.6 Å². The van der Waals surface area contributed by atoms with E-state index in [1.807, 2.05) is 6.07 Å². The zero-order valence-corrected chi connectivity index (χ0v) is 22.3. The summed E-state index contributed by atoms with van der Waals surface area (Å²) in [5.74, 6) is -2.88. The molecule has 2 N–H and O–H groups in total. The van der Waals surface area contributed by atoms with E-state index in [9.17, 15) is 28.0 Å². The average Bonchev–Trinajstić information content (AvgIpc) is 3.56. The molecular formula is C24H20ClF3N10O3. The lowest BCUT2D eigenvalue weighted by atomic mass is 10.0. The lowest BCUT2D eigenvalue weighted by molar-refractivity contribution is -0.145. The molecule has 0 saturated heterocycles. The quantitative estimate of drug-likeness (QED) is 0.293. The Bertz CT molecular complexity index is 1660. The molecule has 212 valence electrons. The van der Waals surface area contributed by atoms with Crippen molar-refractivity contribution in [2.45, 2.75) is 39.6 Å². The fourth-order valence-electron chi connectivity index (χ4n) is 3.53. The number of anilines is 1. The number of carbonyl (C=O) groups excluding carboxylic acids is 2. The molecule has 17 heteroatoms. The number of nitrogens with zero attached hydrogens (tertiary/aromatic N) is 8. The molecular weight excluding hydrogens is 569 g/mol. The fourth-order valence-corrected chi connectivity index (χ4v) is 3.73. The molecule has 4 aromatic rings. The van der Waals surface area contributed by atoms with Crippen molar-refractivity contribution in [1.29, 1.82) is 5.26 Å². The Labute approximate surface area is 234 Å². The van der Waals surface area contributed by atoms with E-state index in [0.29, 0.717) is 10.4 Å². The maximum atomic E-state index is 13.6. The van der Waals surface area contributed by atoms with Crippen LogP contribution in [0.2, 0.25) is 5.02 Å². The minimum atomic E-state index is -4.80. The van der Waals surface area contributed by atoms with Crippen molar-refractivity contribution >= 4 is 29.1 Å². The molecule has 2 amide bonds. The number of hydroxylamine groups is 1. The summed E-state index contributed by atoms with van der Waals surface area (Å²) in [7, 11) is 0. The number of halogens is 4. The van der Waals surface area contributed by atoms with Crippen LogP contribution in [0.3, 0.4) is 0 Å². The Hall–Kier alpha value is -4.88. The van der Waals surface area contributed by atoms with Gasteiger partial charge in [-0.2, -0.15) is 28.3 Å². The normalized spacial score (nSPS) is 11.4. The third-order valence-corrected chi connectivity index (χ3v) is 5.57. The van der Waals surface area contributed by atoms with Crippen molar-refractivity contribution in [3.63, 3.8) is 0 Å². The Kier molecular flexibility index (Phi) is 8.31. The predicted molar refractivity (Wildman–Crippen MR) is 136 cm³/mol. The number of nitrogens with one attached hydrogen (secondary N) is 2. The highest BCUT2D eigenvalue weighted by atomic mass is 35.5. The zero-order chi connectivity index (χ0) is 29.9. The first-order valence-electron chi connectivity index (χ1n) is 11.7. The van der Waals surface area contributed by atoms with Crippen LogP contribution in [-0.4, -0.2) is 52.9 Å². The van der Waals surface area contributed by atoms with E-state index in [4.69, 9.17) is 16.4 Å². The lowest BCUT2D eigenvalue weighted by Gasteiger charge is -2.16. The molecule has 0 unspecified atom stereocenters. The van der Waals surface area contributed by atoms with Crippen LogP contribution in [-0.2, 0) is 17.6 Å². The van der Waals surface area contributed by atoms with Crippen LogP contribution in [0.4, 0.5) is 18.9 Å². The van der Waals surface area contributed by atoms with E-state index >= 15 is 0 Å². The number of hydrogen-bond donors (Lipinski definition) is 2. The molecule has 4 rings (SSSR count). The number of nitriles is 1. The van der Waals surface area contributed by atoms with E-state index < -0.39 is 23.8 Å². The van der Waals surface area contributed by atoms with Crippen molar-refractivity contribution in [1.82, 2.24) is 40.5 Å². The Morgan fingerprint density at radius 3 is 2.59 bits per heavy atom. The highest BCUT2D eigenvalue weighted by Gasteiger charge is 2.37. The summed E-state index contributed by atoms with van der Waals surface area (Å²) >= 11 is 6.29. The third-order valence-electron chi connectivity index (χ3n) is 5.28. The summed E-state index contributed by atoms with van der Waals surface area (Å²) in [6, 6.07) is 9.05. The van der Waals surface area contributed by atoms with Gasteiger partial charge in [0, 0.05) is 6.20 Å². The molecule has 0 aliphatic carbocycles. The molecule has 3 aromatic heterocycles. The number of aromatic nitrogens is 7. The van der Waals surface area contributed by atoms with Gasteiger partial charge >= 0.3 is 6.18 Å². The minimum Gasteiger partial charge on any atom is -0.320 e. The second-order valence-electron chi connectivity index (χ2n) is 8.76. The number of aryl methyl sites for hydroxylation is 1. The van der Waals surface area contributed by atoms with Gasteiger partial charge in [-0.1, -0.05) is 11.6 Å². The topological polar surface area (TPSA) is 166 Å². The van der Waals surface area contributed by atoms with Crippen LogP contribution in [0, 0.1) is 18.3 Å². The second-order valence-corrected chi connectivity index (χ2v) is 9.17. The summed E-state index contributed by atoms with van der Waals surface area (Å²) in [6.45, 7) is 4.60. The number of pyridine rings is 1. The first kappa shape index (κ1) is 29.1. The van der Waals surface area contributed by atoms with E-state index in [1.54, 1.807) is 26.8 Å². The smallest absolute Gasteiger partial charge is 0.320 e. The van der Waals surface area contributed by atoms with Crippen LogP contribution in [0.5, 0.6) is 0 Å². The summed E-state index contributed by atoms with van der Waals surface area (Å²) < 4.78 is 39.8. The monoisotopic (exact) mass is 588 g/mol. The second kappa shape index (κ2) is 11.7. The Balaban J connectivity index is 1.74. The molecule has 1 aromatic carbocycles. The summed E-state index contributed by atoms with van der Waals surface area (Å²) in [5, 5.41) is 26.1. The number of amides is 2. The van der Waals surface area contributed by atoms with Gasteiger partial charge < -0.3 is 5.32 Å². The van der Waals surface area contributed by atoms with Gasteiger partial charge in [0.05, 0.1) is 39.7 Å². The van der Waals surface area contributed by atoms with Gasteiger partial charge in [0.2, 0.25) is 0 Å². The molecule has 0 bridgehead atoms. The van der Waals surface area contributed by atoms with Gasteiger partial charge in [0.1, 0.15) is 12.2 Å². The molecule has 41 heavy (non-hydrogen) atoms. The number of alkyl halides is 3. The summed E-state index contributed by atoms with van der Waals surface area (Å²) in [6.07, 6.45) is -3.74. The maximum Gasteiger partial charge on any atom is 0.455 e. The zero-order valence-electron chi connectivity index (χ0n) is 21.6. The van der Waals surface area contributed by atoms with Gasteiger partial charge in [-0.05, 0) is 61.9 Å². The van der Waals surface area contributed by atoms with Crippen molar-refractivity contribution in [2.75, 3.05) is 5.32 Å². The molecule has 0 atom stereocenters. The van der Waals surface area contributed by atoms with Crippen LogP contribution >= 0.6 is 11.6 Å². The molecule has 0 fully saturated rings. The molecule has 0 aliphatic rings.